The van der Waals surface area contributed by atoms with Crippen LogP contribution in [0.1, 0.15) is 41.0 Å². The molecule has 95 heavy (non-hydrogen) atoms. The summed E-state index contributed by atoms with van der Waals surface area (Å²) in [5.41, 5.74) is 0. The van der Waals surface area contributed by atoms with Crippen molar-refractivity contribution < 1.29 is 188 Å². The van der Waals surface area contributed by atoms with Crippen LogP contribution in [0.25, 0.3) is 0 Å². The van der Waals surface area contributed by atoms with Gasteiger partial charge in [0.05, 0.1) is 57.9 Å². The first-order valence-corrected chi connectivity index (χ1v) is 30.1. The molecule has 0 aliphatic carbocycles. The third-order valence-corrected chi connectivity index (χ3v) is 17.1. The summed E-state index contributed by atoms with van der Waals surface area (Å²) in [6, 6.07) is -7.10. The van der Waals surface area contributed by atoms with Crippen LogP contribution in [0, 0.1) is 0 Å². The molecular formula is C53H88N4O38. The van der Waals surface area contributed by atoms with Crippen LogP contribution in [-0.4, -0.2) is 392 Å². The van der Waals surface area contributed by atoms with Crippen molar-refractivity contribution in [3.8, 4) is 0 Å². The van der Waals surface area contributed by atoms with E-state index in [1.807, 2.05) is 0 Å². The quantitative estimate of drug-likeness (QED) is 0.0404. The van der Waals surface area contributed by atoms with Crippen LogP contribution in [0.4, 0.5) is 0 Å². The summed E-state index contributed by atoms with van der Waals surface area (Å²) in [5, 5.41) is 229. The zero-order valence-corrected chi connectivity index (χ0v) is 51.4. The Hall–Kier alpha value is -3.93. The molecule has 0 radical (unpaired) electrons. The molecule has 36 atom stereocenters. The number of hydrogen-bond donors (Lipinski definition) is 24. The summed E-state index contributed by atoms with van der Waals surface area (Å²) in [6.07, 6.45) is -64.0. The first-order chi connectivity index (χ1) is 44.7. The number of aliphatic carboxylic acids is 1. The zero-order valence-electron chi connectivity index (χ0n) is 51.4. The molecule has 0 aromatic heterocycles. The van der Waals surface area contributed by atoms with Crippen molar-refractivity contribution in [1.29, 1.82) is 0 Å². The van der Waals surface area contributed by atoms with E-state index in [2.05, 4.69) is 21.3 Å². The number of rotatable bonds is 25. The van der Waals surface area contributed by atoms with Crippen molar-refractivity contribution in [2.45, 2.75) is 261 Å². The van der Waals surface area contributed by atoms with Crippen LogP contribution >= 0.6 is 0 Å². The predicted molar refractivity (Wildman–Crippen MR) is 294 cm³/mol. The highest BCUT2D eigenvalue weighted by atomic mass is 16.8. The lowest BCUT2D eigenvalue weighted by molar-refractivity contribution is -0.399. The number of carboxylic acids is 1. The van der Waals surface area contributed by atoms with E-state index < -0.39 is 296 Å². The fraction of sp³-hybridized carbons (Fsp3) is 0.906. The maximum absolute atomic E-state index is 13.1. The molecule has 4 amide bonds. The topological polar surface area (TPSA) is 658 Å². The number of carbonyl (C=O) groups is 5. The maximum Gasteiger partial charge on any atom is 0.364 e. The Morgan fingerprint density at radius 3 is 1.47 bits per heavy atom. The molecule has 0 saturated carbocycles. The third-order valence-electron chi connectivity index (χ3n) is 17.1. The summed E-state index contributed by atoms with van der Waals surface area (Å²) in [7, 11) is 0. The van der Waals surface area contributed by atoms with Crippen LogP contribution in [0.15, 0.2) is 0 Å². The Morgan fingerprint density at radius 2 is 0.916 bits per heavy atom. The number of hydrogen-bond acceptors (Lipinski definition) is 37. The minimum Gasteiger partial charge on any atom is -0.477 e. The molecule has 42 nitrogen and oxygen atoms in total. The lowest BCUT2D eigenvalue weighted by Crippen LogP contribution is -2.71. The van der Waals surface area contributed by atoms with Gasteiger partial charge in [-0.25, -0.2) is 4.79 Å². The van der Waals surface area contributed by atoms with Gasteiger partial charge in [-0.05, 0) is 6.92 Å². The van der Waals surface area contributed by atoms with Gasteiger partial charge < -0.3 is 185 Å². The van der Waals surface area contributed by atoms with Crippen LogP contribution in [0.2, 0.25) is 0 Å². The molecule has 7 rings (SSSR count). The Labute approximate surface area is 538 Å². The van der Waals surface area contributed by atoms with E-state index in [1.54, 1.807) is 0 Å². The lowest BCUT2D eigenvalue weighted by Gasteiger charge is -2.51. The molecular weight excluding hydrogens is 1300 g/mol. The molecule has 42 heteroatoms. The fourth-order valence-corrected chi connectivity index (χ4v) is 12.1. The fourth-order valence-electron chi connectivity index (χ4n) is 12.1. The highest BCUT2D eigenvalue weighted by Gasteiger charge is 2.62. The molecule has 548 valence electrons. The molecule has 7 saturated heterocycles. The molecule has 0 aromatic carbocycles. The van der Waals surface area contributed by atoms with Gasteiger partial charge in [0, 0.05) is 34.1 Å². The van der Waals surface area contributed by atoms with E-state index in [9.17, 15) is 126 Å². The molecule has 7 aliphatic heterocycles. The summed E-state index contributed by atoms with van der Waals surface area (Å²) >= 11 is 0. The molecule has 24 N–H and O–H groups in total. The normalized spacial score (nSPS) is 46.4. The van der Waals surface area contributed by atoms with Gasteiger partial charge in [0.1, 0.15) is 159 Å². The molecule has 7 fully saturated rings. The monoisotopic (exact) mass is 1390 g/mol. The van der Waals surface area contributed by atoms with Gasteiger partial charge in [-0.3, -0.25) is 19.2 Å². The largest absolute Gasteiger partial charge is 0.477 e. The van der Waals surface area contributed by atoms with Gasteiger partial charge in [-0.15, -0.1) is 0 Å². The number of carboxylic acid groups (broad SMARTS) is 1. The van der Waals surface area contributed by atoms with Gasteiger partial charge >= 0.3 is 5.97 Å². The van der Waals surface area contributed by atoms with E-state index in [0.29, 0.717) is 0 Å². The number of amides is 4. The summed E-state index contributed by atoms with van der Waals surface area (Å²) in [6.45, 7) is -1.31. The molecule has 0 bridgehead atoms. The average molecular weight is 1390 g/mol. The van der Waals surface area contributed by atoms with E-state index >= 15 is 0 Å². The minimum absolute atomic E-state index is 0.817. The van der Waals surface area contributed by atoms with E-state index in [0.717, 1.165) is 27.7 Å². The second-order valence-electron chi connectivity index (χ2n) is 24.0. The number of ether oxygens (including phenoxy) is 13. The van der Waals surface area contributed by atoms with Crippen molar-refractivity contribution in [1.82, 2.24) is 21.3 Å². The SMILES string of the molecule is CC(=O)N[C@@H]1[C@@H](O[C@@H]2O[C@H](CO)[C@H](O)[C@H](O[C@]3(C(=O)O)C[C@H](O)[C@@H](NC(C)=O)[C@H]([C@H](O)[C@H](O)CO)O3)[C@H]2O)[C@@H](O)[C@@H](CO[C@@H]2O[C@H](CO)[C@@H](O[C@@H]3O[C@H](CO)[C@H](O)[C@H](O[C@H]4O[C@H](CO)[C@H](O)[C@H](O)[C@H]4NC(C)=O)[C@H]3O[C@@H]3O[C@@H](C)[C@@H](O)[C@@H](O)[C@@H]3O)[C@H](O)[C@H]2NC(C)=O)O[C@@H]1O. The summed E-state index contributed by atoms with van der Waals surface area (Å²) in [4.78, 5) is 63.2. The summed E-state index contributed by atoms with van der Waals surface area (Å²) in [5.74, 6) is -8.82. The van der Waals surface area contributed by atoms with E-state index in [-0.39, 0.29) is 0 Å². The van der Waals surface area contributed by atoms with Gasteiger partial charge in [-0.2, -0.15) is 0 Å². The Bertz CT molecular complexity index is 2520. The van der Waals surface area contributed by atoms with Crippen molar-refractivity contribution in [3.05, 3.63) is 0 Å². The highest BCUT2D eigenvalue weighted by molar-refractivity contribution is 5.77. The molecule has 7 aliphatic rings. The second kappa shape index (κ2) is 33.5. The molecule has 0 aromatic rings. The van der Waals surface area contributed by atoms with Crippen LogP contribution in [0.5, 0.6) is 0 Å². The third kappa shape index (κ3) is 17.5. The van der Waals surface area contributed by atoms with E-state index in [1.165, 1.54) is 6.92 Å². The molecule has 7 heterocycles. The van der Waals surface area contributed by atoms with Crippen molar-refractivity contribution in [3.63, 3.8) is 0 Å². The average Bonchev–Trinajstić information content (AvgIpc) is 0.762. The van der Waals surface area contributed by atoms with Gasteiger partial charge in [0.25, 0.3) is 5.79 Å². The number of carbonyl (C=O) groups excluding carboxylic acids is 4. The van der Waals surface area contributed by atoms with Gasteiger partial charge in [0.2, 0.25) is 23.6 Å². The van der Waals surface area contributed by atoms with Crippen LogP contribution < -0.4 is 21.3 Å². The first kappa shape index (κ1) is 78.4. The predicted octanol–water partition coefficient (Wildman–Crippen LogP) is -15.5. The molecule has 0 unspecified atom stereocenters. The smallest absolute Gasteiger partial charge is 0.364 e. The molecule has 0 spiro atoms. The van der Waals surface area contributed by atoms with E-state index in [4.69, 9.17) is 61.6 Å². The lowest BCUT2D eigenvalue weighted by atomic mass is 9.88. The number of nitrogens with one attached hydrogen (secondary N) is 4. The van der Waals surface area contributed by atoms with Crippen molar-refractivity contribution in [2.75, 3.05) is 39.6 Å². The Balaban J connectivity index is 1.15. The zero-order chi connectivity index (χ0) is 70.6. The maximum atomic E-state index is 13.1. The van der Waals surface area contributed by atoms with Gasteiger partial charge in [-0.1, -0.05) is 0 Å². The van der Waals surface area contributed by atoms with Crippen LogP contribution in [0.3, 0.4) is 0 Å². The first-order valence-electron chi connectivity index (χ1n) is 30.1. The van der Waals surface area contributed by atoms with Crippen LogP contribution in [-0.2, 0) is 85.6 Å². The standard InChI is InChI=1S/C53H88N4O38/c1-13-29(69)37(77)38(78)49(84-13)93-45-44(92-48-26(55-15(3)64)35(75)31(71)20(8-59)86-48)33(73)22(10-61)88-51(45)90-40-23(11-62)89-47(27(36(40)76)56-16(4)65)83-12-24-34(74)41(28(46(80)85-24)57-17(5)66)91-50-39(79)43(32(72)21(9-60)87-50)95-53(52(81)82)6-18(67)25(54-14(2)63)42(94-53)30(70)19(68)7-58/h13,18-51,58-62,67-80H,6-12H2,1-5H3,(H,54,63)(H,55,64)(H,56,65)(H,57,66)(H,81,82)/t13-,18-,19+,20+,21+,22+,23+,24+,25+,26+,27+,28+,29+,30+,31-,32-,33-,34-,35+,36+,37+,38-,39+,40+,41+,42+,43-,44-,45+,46-,47+,48+,49-,50-,51-,53-/m0/s1. The highest BCUT2D eigenvalue weighted by Crippen LogP contribution is 2.41. The van der Waals surface area contributed by atoms with Crippen molar-refractivity contribution in [2.24, 2.45) is 0 Å². The van der Waals surface area contributed by atoms with Crippen molar-refractivity contribution >= 4 is 29.6 Å². The summed E-state index contributed by atoms with van der Waals surface area (Å²) < 4.78 is 76.4. The Morgan fingerprint density at radius 1 is 0.453 bits per heavy atom. The minimum atomic E-state index is -3.24. The number of aliphatic hydroxyl groups excluding tert-OH is 19. The number of aliphatic hydroxyl groups is 19. The Kier molecular flexibility index (Phi) is 27.6. The second-order valence-corrected chi connectivity index (χ2v) is 24.0. The van der Waals surface area contributed by atoms with Gasteiger partial charge in [0.15, 0.2) is 37.7 Å².